The SMILES string of the molecule is Cc1c(Oc2ccc(O)c(C(N)=O)c2F)ncnc1OC1CCN(C(=O)O)CC1. The van der Waals surface area contributed by atoms with Crippen LogP contribution in [-0.2, 0) is 0 Å². The summed E-state index contributed by atoms with van der Waals surface area (Å²) >= 11 is 0. The Bertz CT molecular complexity index is 946. The molecule has 2 aromatic rings. The van der Waals surface area contributed by atoms with E-state index in [0.29, 0.717) is 31.5 Å². The molecule has 3 rings (SSSR count). The third-order valence-electron chi connectivity index (χ3n) is 4.52. The summed E-state index contributed by atoms with van der Waals surface area (Å²) in [6.07, 6.45) is 0.973. The van der Waals surface area contributed by atoms with E-state index >= 15 is 0 Å². The molecule has 1 fully saturated rings. The van der Waals surface area contributed by atoms with Gasteiger partial charge in [-0.25, -0.2) is 19.2 Å². The number of carbonyl (C=O) groups is 2. The van der Waals surface area contributed by atoms with E-state index in [-0.39, 0.29) is 23.6 Å². The first-order valence-corrected chi connectivity index (χ1v) is 8.73. The second-order valence-electron chi connectivity index (χ2n) is 6.43. The Balaban J connectivity index is 1.77. The summed E-state index contributed by atoms with van der Waals surface area (Å²) in [5.74, 6) is -2.98. The summed E-state index contributed by atoms with van der Waals surface area (Å²) in [6, 6.07) is 2.23. The number of phenols is 1. The van der Waals surface area contributed by atoms with E-state index in [4.69, 9.17) is 20.3 Å². The number of piperidine rings is 1. The second-order valence-corrected chi connectivity index (χ2v) is 6.43. The van der Waals surface area contributed by atoms with Gasteiger partial charge >= 0.3 is 6.09 Å². The van der Waals surface area contributed by atoms with Crippen molar-refractivity contribution in [3.05, 3.63) is 35.4 Å². The number of ether oxygens (including phenoxy) is 2. The van der Waals surface area contributed by atoms with Gasteiger partial charge in [0.15, 0.2) is 11.6 Å². The van der Waals surface area contributed by atoms with Crippen LogP contribution < -0.4 is 15.2 Å². The summed E-state index contributed by atoms with van der Waals surface area (Å²) in [4.78, 5) is 31.6. The fourth-order valence-corrected chi connectivity index (χ4v) is 2.93. The van der Waals surface area contributed by atoms with Crippen LogP contribution >= 0.6 is 0 Å². The monoisotopic (exact) mass is 406 g/mol. The first kappa shape index (κ1) is 20.1. The molecular formula is C18H19FN4O6. The molecule has 0 radical (unpaired) electrons. The molecule has 1 saturated heterocycles. The smallest absolute Gasteiger partial charge is 0.407 e. The van der Waals surface area contributed by atoms with Crippen LogP contribution in [0.15, 0.2) is 18.5 Å². The molecule has 154 valence electrons. The topological polar surface area (TPSA) is 148 Å². The van der Waals surface area contributed by atoms with E-state index in [9.17, 15) is 19.1 Å². The van der Waals surface area contributed by atoms with Crippen LogP contribution in [-0.4, -0.2) is 56.3 Å². The standard InChI is InChI=1S/C18H19FN4O6/c1-9-16(28-10-4-6-23(7-5-10)18(26)27)21-8-22-17(9)29-12-3-2-11(24)13(14(12)19)15(20)25/h2-3,8,10,24H,4-7H2,1H3,(H2,20,25)(H,26,27). The van der Waals surface area contributed by atoms with E-state index < -0.39 is 29.1 Å². The lowest BCUT2D eigenvalue weighted by molar-refractivity contribution is 0.0863. The van der Waals surface area contributed by atoms with Gasteiger partial charge in [0, 0.05) is 25.9 Å². The summed E-state index contributed by atoms with van der Waals surface area (Å²) in [7, 11) is 0. The maximum absolute atomic E-state index is 14.5. The normalized spacial score (nSPS) is 14.5. The highest BCUT2D eigenvalue weighted by atomic mass is 19.1. The van der Waals surface area contributed by atoms with Gasteiger partial charge in [0.05, 0.1) is 5.56 Å². The van der Waals surface area contributed by atoms with Crippen LogP contribution in [0.3, 0.4) is 0 Å². The third-order valence-corrected chi connectivity index (χ3v) is 4.52. The molecule has 0 spiro atoms. The number of aromatic nitrogens is 2. The molecule has 29 heavy (non-hydrogen) atoms. The minimum Gasteiger partial charge on any atom is -0.507 e. The van der Waals surface area contributed by atoms with Crippen molar-refractivity contribution in [3.63, 3.8) is 0 Å². The number of likely N-dealkylation sites (tertiary alicyclic amines) is 1. The molecule has 1 aromatic heterocycles. The van der Waals surface area contributed by atoms with Crippen molar-refractivity contribution < 1.29 is 33.7 Å². The van der Waals surface area contributed by atoms with Crippen molar-refractivity contribution in [1.29, 1.82) is 0 Å². The number of halogens is 1. The Labute approximate surface area is 164 Å². The zero-order chi connectivity index (χ0) is 21.1. The fraction of sp³-hybridized carbons (Fsp3) is 0.333. The highest BCUT2D eigenvalue weighted by Crippen LogP contribution is 2.33. The number of primary amides is 1. The molecule has 4 N–H and O–H groups in total. The van der Waals surface area contributed by atoms with Gasteiger partial charge < -0.3 is 30.3 Å². The van der Waals surface area contributed by atoms with Gasteiger partial charge in [-0.05, 0) is 19.1 Å². The van der Waals surface area contributed by atoms with Crippen LogP contribution in [0, 0.1) is 12.7 Å². The van der Waals surface area contributed by atoms with E-state index in [1.165, 1.54) is 11.2 Å². The number of rotatable bonds is 5. The van der Waals surface area contributed by atoms with E-state index in [1.54, 1.807) is 6.92 Å². The minimum atomic E-state index is -1.14. The molecule has 0 atom stereocenters. The molecule has 0 saturated carbocycles. The van der Waals surface area contributed by atoms with Crippen molar-refractivity contribution in [2.75, 3.05) is 13.1 Å². The molecule has 1 aliphatic rings. The summed E-state index contributed by atoms with van der Waals surface area (Å²) in [6.45, 7) is 2.31. The number of hydrogen-bond donors (Lipinski definition) is 3. The van der Waals surface area contributed by atoms with Gasteiger partial charge in [0.1, 0.15) is 23.7 Å². The molecule has 0 bridgehead atoms. The van der Waals surface area contributed by atoms with Gasteiger partial charge in [0.25, 0.3) is 5.91 Å². The number of aromatic hydroxyl groups is 1. The molecule has 0 unspecified atom stereocenters. The number of benzene rings is 1. The molecule has 1 aromatic carbocycles. The zero-order valence-corrected chi connectivity index (χ0v) is 15.5. The van der Waals surface area contributed by atoms with E-state index in [1.807, 2.05) is 0 Å². The van der Waals surface area contributed by atoms with Crippen LogP contribution in [0.1, 0.15) is 28.8 Å². The Morgan fingerprint density at radius 1 is 1.24 bits per heavy atom. The quantitative estimate of drug-likeness (QED) is 0.683. The molecule has 2 amide bonds. The predicted molar refractivity (Wildman–Crippen MR) is 96.7 cm³/mol. The molecule has 10 nitrogen and oxygen atoms in total. The average molecular weight is 406 g/mol. The number of carboxylic acid groups (broad SMARTS) is 1. The lowest BCUT2D eigenvalue weighted by atomic mass is 10.1. The largest absolute Gasteiger partial charge is 0.507 e. The van der Waals surface area contributed by atoms with Crippen molar-refractivity contribution in [2.24, 2.45) is 5.73 Å². The van der Waals surface area contributed by atoms with Crippen LogP contribution in [0.25, 0.3) is 0 Å². The van der Waals surface area contributed by atoms with Crippen molar-refractivity contribution in [3.8, 4) is 23.3 Å². The van der Waals surface area contributed by atoms with Gasteiger partial charge in [0.2, 0.25) is 11.8 Å². The fourth-order valence-electron chi connectivity index (χ4n) is 2.93. The minimum absolute atomic E-state index is 0.00187. The average Bonchev–Trinajstić information content (AvgIpc) is 2.67. The lowest BCUT2D eigenvalue weighted by Gasteiger charge is -2.30. The molecule has 1 aliphatic heterocycles. The highest BCUT2D eigenvalue weighted by molar-refractivity contribution is 5.96. The van der Waals surface area contributed by atoms with Gasteiger partial charge in [-0.1, -0.05) is 0 Å². The molecular weight excluding hydrogens is 387 g/mol. The van der Waals surface area contributed by atoms with E-state index in [0.717, 1.165) is 12.1 Å². The summed E-state index contributed by atoms with van der Waals surface area (Å²) in [5.41, 5.74) is 4.79. The Kier molecular flexibility index (Phi) is 5.66. The number of nitrogens with two attached hydrogens (primary N) is 1. The number of amides is 2. The lowest BCUT2D eigenvalue weighted by Crippen LogP contribution is -2.41. The number of carbonyl (C=O) groups excluding carboxylic acids is 1. The summed E-state index contributed by atoms with van der Waals surface area (Å²) < 4.78 is 25.8. The van der Waals surface area contributed by atoms with Crippen molar-refractivity contribution in [2.45, 2.75) is 25.9 Å². The zero-order valence-electron chi connectivity index (χ0n) is 15.5. The van der Waals surface area contributed by atoms with E-state index in [2.05, 4.69) is 9.97 Å². The Hall–Kier alpha value is -3.63. The first-order chi connectivity index (χ1) is 13.8. The maximum atomic E-state index is 14.5. The van der Waals surface area contributed by atoms with Gasteiger partial charge in [-0.3, -0.25) is 4.79 Å². The van der Waals surface area contributed by atoms with Crippen LogP contribution in [0.2, 0.25) is 0 Å². The molecule has 2 heterocycles. The second kappa shape index (κ2) is 8.17. The van der Waals surface area contributed by atoms with Gasteiger partial charge in [-0.2, -0.15) is 0 Å². The van der Waals surface area contributed by atoms with Gasteiger partial charge in [-0.15, -0.1) is 0 Å². The highest BCUT2D eigenvalue weighted by Gasteiger charge is 2.25. The summed E-state index contributed by atoms with van der Waals surface area (Å²) in [5, 5.41) is 18.6. The molecule has 0 aliphatic carbocycles. The molecule has 11 heteroatoms. The number of nitrogens with zero attached hydrogens (tertiary/aromatic N) is 3. The Morgan fingerprint density at radius 2 is 1.90 bits per heavy atom. The number of hydrogen-bond acceptors (Lipinski definition) is 7. The van der Waals surface area contributed by atoms with Crippen molar-refractivity contribution >= 4 is 12.0 Å². The van der Waals surface area contributed by atoms with Crippen LogP contribution in [0.4, 0.5) is 9.18 Å². The maximum Gasteiger partial charge on any atom is 0.407 e. The van der Waals surface area contributed by atoms with Crippen molar-refractivity contribution in [1.82, 2.24) is 14.9 Å². The van der Waals surface area contributed by atoms with Crippen LogP contribution in [0.5, 0.6) is 23.3 Å². The first-order valence-electron chi connectivity index (χ1n) is 8.73. The predicted octanol–water partition coefficient (Wildman–Crippen LogP) is 2.04. The Morgan fingerprint density at radius 3 is 2.52 bits per heavy atom. The third kappa shape index (κ3) is 4.28.